The summed E-state index contributed by atoms with van der Waals surface area (Å²) >= 11 is 0. The molecule has 0 amide bonds. The van der Waals surface area contributed by atoms with Crippen LogP contribution in [0.2, 0.25) is 0 Å². The van der Waals surface area contributed by atoms with Crippen molar-refractivity contribution < 1.29 is 26.3 Å². The average molecular weight is 674 g/mol. The second-order valence-electron chi connectivity index (χ2n) is 12.4. The summed E-state index contributed by atoms with van der Waals surface area (Å²) in [5.74, 6) is 0. The molecule has 8 aromatic rings. The molecular formula is C41H25F6N3. The topological polar surface area (TPSA) is 14.2 Å². The fourth-order valence-electron chi connectivity index (χ4n) is 7.40. The minimum Gasteiger partial charge on any atom is -0.309 e. The van der Waals surface area contributed by atoms with E-state index in [2.05, 4.69) is 4.85 Å². The van der Waals surface area contributed by atoms with Crippen molar-refractivity contribution in [2.45, 2.75) is 26.2 Å². The second-order valence-corrected chi connectivity index (χ2v) is 12.4. The van der Waals surface area contributed by atoms with Gasteiger partial charge in [0, 0.05) is 32.7 Å². The van der Waals surface area contributed by atoms with Gasteiger partial charge in [0.05, 0.1) is 40.0 Å². The Morgan fingerprint density at radius 1 is 0.560 bits per heavy atom. The summed E-state index contributed by atoms with van der Waals surface area (Å²) in [6.45, 7) is 11.3. The molecule has 0 saturated heterocycles. The fraction of sp³-hybridized carbons (Fsp3) is 0.0976. The number of hydrogen-bond acceptors (Lipinski definition) is 0. The molecule has 0 atom stereocenters. The van der Waals surface area contributed by atoms with E-state index in [4.69, 9.17) is 6.57 Å². The van der Waals surface area contributed by atoms with Crippen molar-refractivity contribution in [3.63, 3.8) is 0 Å². The zero-order valence-electron chi connectivity index (χ0n) is 26.6. The van der Waals surface area contributed by atoms with Gasteiger partial charge in [-0.1, -0.05) is 66.7 Å². The lowest BCUT2D eigenvalue weighted by Gasteiger charge is -2.25. The highest BCUT2D eigenvalue weighted by Gasteiger charge is 2.41. The summed E-state index contributed by atoms with van der Waals surface area (Å²) in [6.07, 6.45) is -9.83. The van der Waals surface area contributed by atoms with Crippen LogP contribution in [0, 0.1) is 20.4 Å². The molecule has 0 N–H and O–H groups in total. The number of hydrogen-bond donors (Lipinski definition) is 0. The first-order valence-corrected chi connectivity index (χ1v) is 15.7. The van der Waals surface area contributed by atoms with E-state index in [9.17, 15) is 13.2 Å². The van der Waals surface area contributed by atoms with Crippen LogP contribution in [0.1, 0.15) is 22.3 Å². The number of halogens is 6. The molecule has 0 saturated carbocycles. The Bertz CT molecular complexity index is 2720. The number of aryl methyl sites for hydroxylation is 2. The van der Waals surface area contributed by atoms with Crippen LogP contribution in [0.15, 0.2) is 115 Å². The van der Waals surface area contributed by atoms with Crippen LogP contribution in [-0.4, -0.2) is 9.13 Å². The molecule has 0 spiro atoms. The highest BCUT2D eigenvalue weighted by Crippen LogP contribution is 2.49. The minimum atomic E-state index is -4.99. The Kier molecular flexibility index (Phi) is 6.88. The maximum Gasteiger partial charge on any atom is 0.420 e. The Morgan fingerprint density at radius 2 is 1.10 bits per heavy atom. The van der Waals surface area contributed by atoms with Crippen molar-refractivity contribution in [1.82, 2.24) is 9.13 Å². The summed E-state index contributed by atoms with van der Waals surface area (Å²) in [5, 5.41) is 3.00. The van der Waals surface area contributed by atoms with Crippen LogP contribution in [0.25, 0.3) is 71.0 Å². The number of aromatic nitrogens is 2. The summed E-state index contributed by atoms with van der Waals surface area (Å²) < 4.78 is 94.0. The summed E-state index contributed by atoms with van der Waals surface area (Å²) in [7, 11) is 0. The van der Waals surface area contributed by atoms with Gasteiger partial charge in [-0.05, 0) is 79.1 Å². The van der Waals surface area contributed by atoms with E-state index in [1.807, 2.05) is 44.2 Å². The van der Waals surface area contributed by atoms with Crippen molar-refractivity contribution in [3.05, 3.63) is 149 Å². The maximum atomic E-state index is 16.1. The monoisotopic (exact) mass is 673 g/mol. The second kappa shape index (κ2) is 11.0. The van der Waals surface area contributed by atoms with Crippen molar-refractivity contribution in [2.75, 3.05) is 0 Å². The zero-order chi connectivity index (χ0) is 35.1. The maximum absolute atomic E-state index is 16.1. The first kappa shape index (κ1) is 31.3. The molecule has 0 radical (unpaired) electrons. The van der Waals surface area contributed by atoms with E-state index in [0.29, 0.717) is 33.5 Å². The van der Waals surface area contributed by atoms with Crippen molar-refractivity contribution in [2.24, 2.45) is 0 Å². The molecule has 2 aromatic heterocycles. The molecule has 0 aliphatic rings. The van der Waals surface area contributed by atoms with E-state index < -0.39 is 23.5 Å². The van der Waals surface area contributed by atoms with Crippen LogP contribution >= 0.6 is 0 Å². The molecular weight excluding hydrogens is 648 g/mol. The van der Waals surface area contributed by atoms with Crippen LogP contribution in [0.4, 0.5) is 32.0 Å². The van der Waals surface area contributed by atoms with Gasteiger partial charge in [-0.25, -0.2) is 4.85 Å². The summed E-state index contributed by atoms with van der Waals surface area (Å²) in [5.41, 5.74) is 0.489. The van der Waals surface area contributed by atoms with Gasteiger partial charge < -0.3 is 9.13 Å². The van der Waals surface area contributed by atoms with Gasteiger partial charge in [0.25, 0.3) is 0 Å². The Hall–Kier alpha value is -6.01. The number of nitrogens with zero attached hydrogens (tertiary/aromatic N) is 3. The first-order valence-electron chi connectivity index (χ1n) is 15.7. The van der Waals surface area contributed by atoms with Crippen LogP contribution in [0.3, 0.4) is 0 Å². The number of benzene rings is 6. The molecule has 6 aromatic carbocycles. The van der Waals surface area contributed by atoms with E-state index >= 15 is 13.2 Å². The molecule has 9 heteroatoms. The number of alkyl halides is 6. The predicted molar refractivity (Wildman–Crippen MR) is 186 cm³/mol. The van der Waals surface area contributed by atoms with Gasteiger partial charge in [0.1, 0.15) is 5.56 Å². The average Bonchev–Trinajstić information content (AvgIpc) is 3.61. The van der Waals surface area contributed by atoms with Gasteiger partial charge >= 0.3 is 12.4 Å². The van der Waals surface area contributed by atoms with E-state index in [1.54, 1.807) is 59.2 Å². The van der Waals surface area contributed by atoms with E-state index in [-0.39, 0.29) is 28.2 Å². The van der Waals surface area contributed by atoms with Gasteiger partial charge in [-0.2, -0.15) is 26.3 Å². The molecule has 2 heterocycles. The molecule has 0 aliphatic carbocycles. The zero-order valence-corrected chi connectivity index (χ0v) is 26.6. The van der Waals surface area contributed by atoms with Crippen molar-refractivity contribution >= 4 is 49.3 Å². The van der Waals surface area contributed by atoms with Gasteiger partial charge in [-0.3, -0.25) is 0 Å². The lowest BCUT2D eigenvalue weighted by molar-refractivity contribution is -0.138. The third-order valence-corrected chi connectivity index (χ3v) is 9.40. The Balaban J connectivity index is 1.63. The quantitative estimate of drug-likeness (QED) is 0.131. The standard InChI is InChI=1S/C41H25F6N3/c1-23-10-8-16-33-36(23)29-12-4-6-14-31(29)49(33)35-19-18-28(25-20-26(40(42,43)44)22-27(21-25)48-3)39(38(35)41(45,46)47)50-32-15-7-5-13-30(32)37-24(2)11-9-17-34(37)50/h4-22H,1-2H3. The van der Waals surface area contributed by atoms with Crippen molar-refractivity contribution in [3.8, 4) is 22.5 Å². The van der Waals surface area contributed by atoms with Crippen molar-refractivity contribution in [1.29, 1.82) is 0 Å². The highest BCUT2D eigenvalue weighted by molar-refractivity contribution is 6.13. The molecule has 8 rings (SSSR count). The minimum absolute atomic E-state index is 0.0989. The van der Waals surface area contributed by atoms with E-state index in [1.165, 1.54) is 22.8 Å². The normalized spacial score (nSPS) is 12.4. The van der Waals surface area contributed by atoms with Gasteiger partial charge in [-0.15, -0.1) is 0 Å². The van der Waals surface area contributed by atoms with E-state index in [0.717, 1.165) is 33.4 Å². The van der Waals surface area contributed by atoms with Gasteiger partial charge in [0.15, 0.2) is 5.69 Å². The smallest absolute Gasteiger partial charge is 0.309 e. The Morgan fingerprint density at radius 3 is 1.66 bits per heavy atom. The SMILES string of the molecule is [C-]#[N+]c1cc(-c2ccc(-n3c4ccccc4c4c(C)cccc43)c(C(F)(F)F)c2-n2c3ccccc3c3c(C)cccc32)cc(C(F)(F)F)c1. The van der Waals surface area contributed by atoms with Crippen LogP contribution < -0.4 is 0 Å². The predicted octanol–water partition coefficient (Wildman–Crippen LogP) is 12.8. The third-order valence-electron chi connectivity index (χ3n) is 9.40. The number of rotatable bonds is 3. The molecule has 246 valence electrons. The lowest BCUT2D eigenvalue weighted by atomic mass is 9.95. The molecule has 50 heavy (non-hydrogen) atoms. The molecule has 0 bridgehead atoms. The third kappa shape index (κ3) is 4.66. The van der Waals surface area contributed by atoms with Gasteiger partial charge in [0.2, 0.25) is 0 Å². The molecule has 3 nitrogen and oxygen atoms in total. The number of fused-ring (bicyclic) bond motifs is 6. The first-order chi connectivity index (χ1) is 23.9. The fourth-order valence-corrected chi connectivity index (χ4v) is 7.40. The molecule has 0 aliphatic heterocycles. The lowest BCUT2D eigenvalue weighted by Crippen LogP contribution is -2.17. The molecule has 0 unspecified atom stereocenters. The Labute approximate surface area is 282 Å². The number of para-hydroxylation sites is 2. The van der Waals surface area contributed by atoms with Crippen LogP contribution in [0.5, 0.6) is 0 Å². The molecule has 0 fully saturated rings. The summed E-state index contributed by atoms with van der Waals surface area (Å²) in [4.78, 5) is 3.26. The largest absolute Gasteiger partial charge is 0.420 e. The highest BCUT2D eigenvalue weighted by atomic mass is 19.4. The summed E-state index contributed by atoms with van der Waals surface area (Å²) in [6, 6.07) is 30.6. The van der Waals surface area contributed by atoms with Crippen LogP contribution in [-0.2, 0) is 12.4 Å².